The predicted octanol–water partition coefficient (Wildman–Crippen LogP) is 3.33. The van der Waals surface area contributed by atoms with Gasteiger partial charge in [0.25, 0.3) is 0 Å². The molecule has 0 radical (unpaired) electrons. The second-order valence-corrected chi connectivity index (χ2v) is 7.67. The van der Waals surface area contributed by atoms with Crippen molar-refractivity contribution in [2.24, 2.45) is 5.92 Å². The lowest BCUT2D eigenvalue weighted by molar-refractivity contribution is -0.136. The molecule has 1 atom stereocenters. The second kappa shape index (κ2) is 10.6. The molecule has 6 heteroatoms. The van der Waals surface area contributed by atoms with Crippen LogP contribution in [-0.2, 0) is 9.59 Å². The van der Waals surface area contributed by atoms with Crippen molar-refractivity contribution in [3.05, 3.63) is 71.8 Å². The van der Waals surface area contributed by atoms with Crippen LogP contribution in [0.15, 0.2) is 60.7 Å². The number of hydrogen-bond donors (Lipinski definition) is 1. The van der Waals surface area contributed by atoms with Crippen molar-refractivity contribution in [1.82, 2.24) is 10.2 Å². The van der Waals surface area contributed by atoms with Crippen LogP contribution in [-0.4, -0.2) is 48.7 Å². The number of nitrogens with zero attached hydrogens (tertiary/aromatic N) is 1. The zero-order valence-corrected chi connectivity index (χ0v) is 17.9. The number of ketones is 1. The number of piperidine rings is 1. The van der Waals surface area contributed by atoms with Gasteiger partial charge in [-0.3, -0.25) is 14.4 Å². The fourth-order valence-corrected chi connectivity index (χ4v) is 3.69. The van der Waals surface area contributed by atoms with Gasteiger partial charge in [-0.25, -0.2) is 0 Å². The normalized spacial score (nSPS) is 15.5. The highest BCUT2D eigenvalue weighted by atomic mass is 16.5. The Kier molecular flexibility index (Phi) is 7.60. The summed E-state index contributed by atoms with van der Waals surface area (Å²) in [6.07, 6.45) is 4.37. The summed E-state index contributed by atoms with van der Waals surface area (Å²) in [5.74, 6) is 0.274. The Labute approximate surface area is 182 Å². The first-order valence-corrected chi connectivity index (χ1v) is 10.5. The highest BCUT2D eigenvalue weighted by molar-refractivity contribution is 5.98. The molecule has 1 aliphatic heterocycles. The number of hydrogen-bond acceptors (Lipinski definition) is 4. The molecule has 0 aliphatic carbocycles. The van der Waals surface area contributed by atoms with Gasteiger partial charge in [-0.1, -0.05) is 30.3 Å². The summed E-state index contributed by atoms with van der Waals surface area (Å²) in [5.41, 5.74) is 1.58. The van der Waals surface area contributed by atoms with Crippen LogP contribution in [0.1, 0.15) is 35.7 Å². The number of amides is 2. The highest BCUT2D eigenvalue weighted by Crippen LogP contribution is 2.23. The molecule has 1 unspecified atom stereocenters. The van der Waals surface area contributed by atoms with Gasteiger partial charge in [0.1, 0.15) is 11.8 Å². The molecule has 1 N–H and O–H groups in total. The lowest BCUT2D eigenvalue weighted by Crippen LogP contribution is -2.49. The van der Waals surface area contributed by atoms with Crippen molar-refractivity contribution >= 4 is 23.7 Å². The van der Waals surface area contributed by atoms with E-state index in [1.165, 1.54) is 6.08 Å². The van der Waals surface area contributed by atoms with Gasteiger partial charge in [0.05, 0.1) is 7.11 Å². The van der Waals surface area contributed by atoms with Crippen molar-refractivity contribution in [2.45, 2.75) is 25.8 Å². The quantitative estimate of drug-likeness (QED) is 0.551. The fourth-order valence-electron chi connectivity index (χ4n) is 3.69. The van der Waals surface area contributed by atoms with E-state index in [-0.39, 0.29) is 23.5 Å². The summed E-state index contributed by atoms with van der Waals surface area (Å²) >= 11 is 0. The molecule has 162 valence electrons. The third-order valence-corrected chi connectivity index (χ3v) is 5.51. The fraction of sp³-hybridized carbons (Fsp3) is 0.320. The number of rotatable bonds is 7. The van der Waals surface area contributed by atoms with Gasteiger partial charge in [0.15, 0.2) is 5.78 Å². The smallest absolute Gasteiger partial charge is 0.244 e. The van der Waals surface area contributed by atoms with Crippen molar-refractivity contribution in [3.8, 4) is 5.75 Å². The Morgan fingerprint density at radius 2 is 1.68 bits per heavy atom. The van der Waals surface area contributed by atoms with Crippen molar-refractivity contribution in [2.75, 3.05) is 20.2 Å². The summed E-state index contributed by atoms with van der Waals surface area (Å²) in [6.45, 7) is 2.70. The monoisotopic (exact) mass is 420 g/mol. The third-order valence-electron chi connectivity index (χ3n) is 5.51. The van der Waals surface area contributed by atoms with E-state index in [2.05, 4.69) is 5.32 Å². The lowest BCUT2D eigenvalue weighted by Gasteiger charge is -2.33. The summed E-state index contributed by atoms with van der Waals surface area (Å²) in [6, 6.07) is 16.0. The van der Waals surface area contributed by atoms with Crippen LogP contribution in [0, 0.1) is 5.92 Å². The minimum atomic E-state index is -0.623. The van der Waals surface area contributed by atoms with E-state index in [4.69, 9.17) is 4.74 Å². The summed E-state index contributed by atoms with van der Waals surface area (Å²) in [5, 5.41) is 2.72. The van der Waals surface area contributed by atoms with Crippen LogP contribution in [0.25, 0.3) is 6.08 Å². The molecule has 1 fully saturated rings. The number of carbonyl (C=O) groups is 3. The van der Waals surface area contributed by atoms with Crippen LogP contribution < -0.4 is 10.1 Å². The molecule has 0 bridgehead atoms. The topological polar surface area (TPSA) is 75.7 Å². The van der Waals surface area contributed by atoms with Crippen molar-refractivity contribution in [1.29, 1.82) is 0 Å². The molecule has 3 rings (SSSR count). The Bertz CT molecular complexity index is 930. The maximum absolute atomic E-state index is 12.7. The molecule has 0 aromatic heterocycles. The first-order valence-electron chi connectivity index (χ1n) is 10.5. The minimum Gasteiger partial charge on any atom is -0.497 e. The molecule has 2 aromatic carbocycles. The number of carbonyl (C=O) groups excluding carboxylic acids is 3. The van der Waals surface area contributed by atoms with Crippen LogP contribution in [0.4, 0.5) is 0 Å². The van der Waals surface area contributed by atoms with E-state index < -0.39 is 6.04 Å². The SMILES string of the molecule is COc1ccc(C(=O)C2CCN(C(=O)C(C)NC(=O)/C=C/c3ccccc3)CC2)cc1. The first-order chi connectivity index (χ1) is 15.0. The van der Waals surface area contributed by atoms with E-state index in [0.29, 0.717) is 37.2 Å². The number of Topliss-reactive ketones (excluding diaryl/α,β-unsaturated/α-hetero) is 1. The molecule has 2 aromatic rings. The van der Waals surface area contributed by atoms with Crippen LogP contribution in [0.5, 0.6) is 5.75 Å². The first kappa shape index (κ1) is 22.3. The molecular weight excluding hydrogens is 392 g/mol. The molecule has 0 saturated carbocycles. The average molecular weight is 421 g/mol. The lowest BCUT2D eigenvalue weighted by atomic mass is 9.88. The summed E-state index contributed by atoms with van der Waals surface area (Å²) in [7, 11) is 1.59. The maximum atomic E-state index is 12.7. The van der Waals surface area contributed by atoms with Gasteiger partial charge in [0.2, 0.25) is 11.8 Å². The van der Waals surface area contributed by atoms with Gasteiger partial charge in [0, 0.05) is 30.6 Å². The Hall–Kier alpha value is -3.41. The number of likely N-dealkylation sites (tertiary alicyclic amines) is 1. The Morgan fingerprint density at radius 1 is 1.03 bits per heavy atom. The predicted molar refractivity (Wildman–Crippen MR) is 120 cm³/mol. The minimum absolute atomic E-state index is 0.0992. The van der Waals surface area contributed by atoms with Gasteiger partial charge < -0.3 is 15.0 Å². The number of ether oxygens (including phenoxy) is 1. The molecule has 2 amide bonds. The molecule has 0 spiro atoms. The van der Waals surface area contributed by atoms with Crippen molar-refractivity contribution < 1.29 is 19.1 Å². The van der Waals surface area contributed by atoms with E-state index in [1.807, 2.05) is 30.3 Å². The van der Waals surface area contributed by atoms with Crippen LogP contribution in [0.2, 0.25) is 0 Å². The molecule has 6 nitrogen and oxygen atoms in total. The van der Waals surface area contributed by atoms with E-state index in [1.54, 1.807) is 49.3 Å². The summed E-state index contributed by atoms with van der Waals surface area (Å²) < 4.78 is 5.13. The second-order valence-electron chi connectivity index (χ2n) is 7.67. The molecule has 1 saturated heterocycles. The van der Waals surface area contributed by atoms with Gasteiger partial charge in [-0.05, 0) is 55.7 Å². The zero-order valence-electron chi connectivity index (χ0n) is 17.9. The standard InChI is InChI=1S/C25H28N2O4/c1-18(26-23(28)13-8-19-6-4-3-5-7-19)25(30)27-16-14-21(15-17-27)24(29)20-9-11-22(31-2)12-10-20/h3-13,18,21H,14-17H2,1-2H3,(H,26,28)/b13-8+. The molecule has 1 heterocycles. The number of nitrogens with one attached hydrogen (secondary N) is 1. The van der Waals surface area contributed by atoms with Crippen molar-refractivity contribution in [3.63, 3.8) is 0 Å². The van der Waals surface area contributed by atoms with E-state index >= 15 is 0 Å². The Balaban J connectivity index is 1.48. The van der Waals surface area contributed by atoms with Gasteiger partial charge in [-0.2, -0.15) is 0 Å². The van der Waals surface area contributed by atoms with Gasteiger partial charge in [-0.15, -0.1) is 0 Å². The number of benzene rings is 2. The van der Waals surface area contributed by atoms with Crippen LogP contribution in [0.3, 0.4) is 0 Å². The molecule has 1 aliphatic rings. The van der Waals surface area contributed by atoms with Crippen LogP contribution >= 0.6 is 0 Å². The zero-order chi connectivity index (χ0) is 22.2. The average Bonchev–Trinajstić information content (AvgIpc) is 2.82. The number of methoxy groups -OCH3 is 1. The van der Waals surface area contributed by atoms with E-state index in [0.717, 1.165) is 5.56 Å². The molecular formula is C25H28N2O4. The summed E-state index contributed by atoms with van der Waals surface area (Å²) in [4.78, 5) is 39.3. The Morgan fingerprint density at radius 3 is 2.29 bits per heavy atom. The largest absolute Gasteiger partial charge is 0.497 e. The van der Waals surface area contributed by atoms with Gasteiger partial charge >= 0.3 is 0 Å². The molecule has 31 heavy (non-hydrogen) atoms. The third kappa shape index (κ3) is 6.04. The van der Waals surface area contributed by atoms with E-state index in [9.17, 15) is 14.4 Å². The maximum Gasteiger partial charge on any atom is 0.244 e. The highest BCUT2D eigenvalue weighted by Gasteiger charge is 2.30.